The van der Waals surface area contributed by atoms with Gasteiger partial charge in [0.05, 0.1) is 30.0 Å². The predicted molar refractivity (Wildman–Crippen MR) is 72.0 cm³/mol. The molecule has 5 N–H and O–H groups in total. The van der Waals surface area contributed by atoms with Crippen LogP contribution < -0.4 is 11.1 Å². The summed E-state index contributed by atoms with van der Waals surface area (Å²) in [4.78, 5) is 24.8. The number of nitrogens with zero attached hydrogens (tertiary/aromatic N) is 1. The number of aliphatic hydroxyl groups excluding tert-OH is 2. The Kier molecular flexibility index (Phi) is 4.33. The van der Waals surface area contributed by atoms with E-state index in [1.165, 1.54) is 6.07 Å². The van der Waals surface area contributed by atoms with E-state index >= 15 is 0 Å². The maximum Gasteiger partial charge on any atom is 0.250 e. The Balaban J connectivity index is 1.97. The molecule has 1 aromatic rings. The summed E-state index contributed by atoms with van der Waals surface area (Å²) in [6.45, 7) is 0.513. The van der Waals surface area contributed by atoms with Crippen molar-refractivity contribution in [3.05, 3.63) is 29.8 Å². The minimum atomic E-state index is -0.833. The molecule has 2 amide bonds. The van der Waals surface area contributed by atoms with Crippen molar-refractivity contribution in [3.8, 4) is 0 Å². The fourth-order valence-electron chi connectivity index (χ4n) is 2.18. The summed E-state index contributed by atoms with van der Waals surface area (Å²) in [5.74, 6) is -0.951. The minimum Gasteiger partial charge on any atom is -0.389 e. The number of β-amino-alcohol motifs (C(OH)–C–C–N with tert-alkyl or cyclic N) is 2. The highest BCUT2D eigenvalue weighted by molar-refractivity contribution is 6.03. The van der Waals surface area contributed by atoms with Crippen LogP contribution in [0.15, 0.2) is 24.3 Å². The van der Waals surface area contributed by atoms with Crippen LogP contribution in [0.2, 0.25) is 0 Å². The van der Waals surface area contributed by atoms with E-state index in [2.05, 4.69) is 5.32 Å². The Morgan fingerprint density at radius 3 is 2.45 bits per heavy atom. The standard InChI is InChI=1S/C13H17N3O4/c14-13(20)8-3-1-2-4-9(8)15-12(19)7-16-5-10(17)11(18)6-16/h1-4,10-11,17-18H,5-7H2,(H2,14,20)(H,15,19)/t10-,11+. The lowest BCUT2D eigenvalue weighted by molar-refractivity contribution is -0.117. The van der Waals surface area contributed by atoms with Crippen molar-refractivity contribution in [2.45, 2.75) is 12.2 Å². The van der Waals surface area contributed by atoms with Crippen LogP contribution in [0.25, 0.3) is 0 Å². The maximum absolute atomic E-state index is 11.9. The van der Waals surface area contributed by atoms with Gasteiger partial charge in [-0.15, -0.1) is 0 Å². The van der Waals surface area contributed by atoms with Gasteiger partial charge in [-0.1, -0.05) is 12.1 Å². The third kappa shape index (κ3) is 3.32. The SMILES string of the molecule is NC(=O)c1ccccc1NC(=O)CN1C[C@@H](O)[C@@H](O)C1. The molecule has 0 bridgehead atoms. The summed E-state index contributed by atoms with van der Waals surface area (Å²) < 4.78 is 0. The Bertz CT molecular complexity index is 510. The van der Waals surface area contributed by atoms with Crippen molar-refractivity contribution in [1.29, 1.82) is 0 Å². The second kappa shape index (κ2) is 6.00. The number of amides is 2. The number of primary amides is 1. The van der Waals surface area contributed by atoms with E-state index in [1.54, 1.807) is 23.1 Å². The molecule has 20 heavy (non-hydrogen) atoms. The average Bonchev–Trinajstić information content (AvgIpc) is 2.68. The van der Waals surface area contributed by atoms with Crippen LogP contribution in [0.1, 0.15) is 10.4 Å². The molecule has 1 aliphatic heterocycles. The van der Waals surface area contributed by atoms with E-state index < -0.39 is 18.1 Å². The molecule has 1 fully saturated rings. The monoisotopic (exact) mass is 279 g/mol. The molecular formula is C13H17N3O4. The maximum atomic E-state index is 11.9. The van der Waals surface area contributed by atoms with Crippen LogP contribution in [0.3, 0.4) is 0 Å². The van der Waals surface area contributed by atoms with Gasteiger partial charge in [-0.2, -0.15) is 0 Å². The molecular weight excluding hydrogens is 262 g/mol. The van der Waals surface area contributed by atoms with Crippen LogP contribution in [0.4, 0.5) is 5.69 Å². The number of carbonyl (C=O) groups excluding carboxylic acids is 2. The van der Waals surface area contributed by atoms with Crippen LogP contribution in [0, 0.1) is 0 Å². The van der Waals surface area contributed by atoms with Crippen molar-refractivity contribution >= 4 is 17.5 Å². The first kappa shape index (κ1) is 14.4. The van der Waals surface area contributed by atoms with Crippen molar-refractivity contribution in [1.82, 2.24) is 4.90 Å². The normalized spacial score (nSPS) is 22.7. The van der Waals surface area contributed by atoms with Crippen LogP contribution in [-0.4, -0.2) is 58.8 Å². The molecule has 1 aromatic carbocycles. The molecule has 7 heteroatoms. The van der Waals surface area contributed by atoms with Gasteiger partial charge in [-0.3, -0.25) is 14.5 Å². The number of nitrogens with two attached hydrogens (primary N) is 1. The molecule has 0 aliphatic carbocycles. The topological polar surface area (TPSA) is 116 Å². The van der Waals surface area contributed by atoms with Gasteiger partial charge in [0.15, 0.2) is 0 Å². The number of anilines is 1. The molecule has 1 heterocycles. The number of carbonyl (C=O) groups is 2. The third-order valence-electron chi connectivity index (χ3n) is 3.17. The molecule has 2 atom stereocenters. The molecule has 0 aromatic heterocycles. The number of para-hydroxylation sites is 1. The summed E-state index contributed by atoms with van der Waals surface area (Å²) in [6, 6.07) is 6.46. The summed E-state index contributed by atoms with van der Waals surface area (Å²) >= 11 is 0. The molecule has 0 spiro atoms. The smallest absolute Gasteiger partial charge is 0.250 e. The zero-order chi connectivity index (χ0) is 14.7. The summed E-state index contributed by atoms with van der Waals surface area (Å²) in [5.41, 5.74) is 5.81. The lowest BCUT2D eigenvalue weighted by atomic mass is 10.1. The quantitative estimate of drug-likeness (QED) is 0.550. The Morgan fingerprint density at radius 2 is 1.85 bits per heavy atom. The Labute approximate surface area is 116 Å². The van der Waals surface area contributed by atoms with Crippen LogP contribution in [0.5, 0.6) is 0 Å². The largest absolute Gasteiger partial charge is 0.389 e. The van der Waals surface area contributed by atoms with Crippen molar-refractivity contribution in [2.75, 3.05) is 25.0 Å². The number of hydrogen-bond donors (Lipinski definition) is 4. The zero-order valence-electron chi connectivity index (χ0n) is 10.8. The van der Waals surface area contributed by atoms with Gasteiger partial charge in [0.2, 0.25) is 5.91 Å². The number of hydrogen-bond acceptors (Lipinski definition) is 5. The van der Waals surface area contributed by atoms with Crippen LogP contribution in [-0.2, 0) is 4.79 Å². The molecule has 0 saturated carbocycles. The van der Waals surface area contributed by atoms with E-state index in [4.69, 9.17) is 5.73 Å². The highest BCUT2D eigenvalue weighted by Gasteiger charge is 2.30. The van der Waals surface area contributed by atoms with Gasteiger partial charge >= 0.3 is 0 Å². The fraction of sp³-hybridized carbons (Fsp3) is 0.385. The molecule has 0 radical (unpaired) electrons. The van der Waals surface area contributed by atoms with E-state index in [9.17, 15) is 19.8 Å². The molecule has 7 nitrogen and oxygen atoms in total. The summed E-state index contributed by atoms with van der Waals surface area (Å²) in [5, 5.41) is 21.4. The number of nitrogens with one attached hydrogen (secondary N) is 1. The van der Waals surface area contributed by atoms with Gasteiger partial charge in [0, 0.05) is 13.1 Å². The van der Waals surface area contributed by atoms with Gasteiger partial charge in [0.1, 0.15) is 0 Å². The highest BCUT2D eigenvalue weighted by Crippen LogP contribution is 2.15. The average molecular weight is 279 g/mol. The second-order valence-electron chi connectivity index (χ2n) is 4.79. The van der Waals surface area contributed by atoms with Crippen molar-refractivity contribution < 1.29 is 19.8 Å². The number of likely N-dealkylation sites (tertiary alicyclic amines) is 1. The fourth-order valence-corrected chi connectivity index (χ4v) is 2.18. The second-order valence-corrected chi connectivity index (χ2v) is 4.79. The molecule has 1 saturated heterocycles. The van der Waals surface area contributed by atoms with Gasteiger partial charge in [-0.25, -0.2) is 0 Å². The Morgan fingerprint density at radius 1 is 1.25 bits per heavy atom. The van der Waals surface area contributed by atoms with Crippen molar-refractivity contribution in [3.63, 3.8) is 0 Å². The highest BCUT2D eigenvalue weighted by atomic mass is 16.3. The van der Waals surface area contributed by atoms with E-state index in [0.29, 0.717) is 5.69 Å². The molecule has 108 valence electrons. The predicted octanol–water partition coefficient (Wildman–Crippen LogP) is -1.24. The lowest BCUT2D eigenvalue weighted by Crippen LogP contribution is -2.33. The summed E-state index contributed by atoms with van der Waals surface area (Å²) in [6.07, 6.45) is -1.67. The Hall–Kier alpha value is -1.96. The van der Waals surface area contributed by atoms with E-state index in [-0.39, 0.29) is 31.1 Å². The number of benzene rings is 1. The first-order valence-electron chi connectivity index (χ1n) is 6.24. The van der Waals surface area contributed by atoms with Gasteiger partial charge in [0.25, 0.3) is 5.91 Å². The lowest BCUT2D eigenvalue weighted by Gasteiger charge is -2.15. The first-order valence-corrected chi connectivity index (χ1v) is 6.24. The minimum absolute atomic E-state index is 0.0290. The summed E-state index contributed by atoms with van der Waals surface area (Å²) in [7, 11) is 0. The third-order valence-corrected chi connectivity index (χ3v) is 3.17. The first-order chi connectivity index (χ1) is 9.47. The van der Waals surface area contributed by atoms with E-state index in [1.807, 2.05) is 0 Å². The number of aliphatic hydroxyl groups is 2. The van der Waals surface area contributed by atoms with Gasteiger partial charge in [-0.05, 0) is 12.1 Å². The van der Waals surface area contributed by atoms with Gasteiger partial charge < -0.3 is 21.3 Å². The molecule has 0 unspecified atom stereocenters. The molecule has 2 rings (SSSR count). The van der Waals surface area contributed by atoms with Crippen molar-refractivity contribution in [2.24, 2.45) is 5.73 Å². The van der Waals surface area contributed by atoms with Crippen LogP contribution >= 0.6 is 0 Å². The van der Waals surface area contributed by atoms with E-state index in [0.717, 1.165) is 0 Å². The zero-order valence-corrected chi connectivity index (χ0v) is 10.8. The molecule has 1 aliphatic rings. The number of rotatable bonds is 4.